The van der Waals surface area contributed by atoms with E-state index in [0.29, 0.717) is 12.3 Å². The molecule has 1 aromatic rings. The lowest BCUT2D eigenvalue weighted by atomic mass is 10.00. The minimum atomic E-state index is 0.298. The Kier molecular flexibility index (Phi) is 7.51. The van der Waals surface area contributed by atoms with Crippen LogP contribution in [0.2, 0.25) is 0 Å². The summed E-state index contributed by atoms with van der Waals surface area (Å²) < 4.78 is 0. The summed E-state index contributed by atoms with van der Waals surface area (Å²) in [6.45, 7) is 9.49. The van der Waals surface area contributed by atoms with Gasteiger partial charge in [-0.2, -0.15) is 0 Å². The molecule has 0 atom stereocenters. The molecule has 0 unspecified atom stereocenters. The summed E-state index contributed by atoms with van der Waals surface area (Å²) in [5.74, 6) is 1.18. The fraction of sp³-hybridized carbons (Fsp3) is 0.619. The zero-order chi connectivity index (χ0) is 18.9. The number of carbonyl (C=O) groups excluding carboxylic acids is 1. The number of hydrogen-bond donors (Lipinski definition) is 2. The lowest BCUT2D eigenvalue weighted by Gasteiger charge is -2.28. The zero-order valence-corrected chi connectivity index (χ0v) is 16.5. The van der Waals surface area contributed by atoms with Gasteiger partial charge in [0.15, 0.2) is 5.96 Å². The summed E-state index contributed by atoms with van der Waals surface area (Å²) in [5, 5.41) is 6.76. The van der Waals surface area contributed by atoms with Crippen LogP contribution in [0.4, 0.5) is 0 Å². The van der Waals surface area contributed by atoms with Gasteiger partial charge in [-0.25, -0.2) is 0 Å². The summed E-state index contributed by atoms with van der Waals surface area (Å²) in [6, 6.07) is 8.75. The normalized spacial score (nSPS) is 17.9. The van der Waals surface area contributed by atoms with Crippen molar-refractivity contribution in [3.8, 4) is 0 Å². The van der Waals surface area contributed by atoms with Gasteiger partial charge < -0.3 is 15.5 Å². The summed E-state index contributed by atoms with van der Waals surface area (Å²) in [7, 11) is 0. The second kappa shape index (κ2) is 10.3. The van der Waals surface area contributed by atoms with Gasteiger partial charge in [0.25, 0.3) is 0 Å². The fourth-order valence-electron chi connectivity index (χ4n) is 3.81. The van der Waals surface area contributed by atoms with Crippen LogP contribution in [0, 0.1) is 0 Å². The predicted molar refractivity (Wildman–Crippen MR) is 110 cm³/mol. The van der Waals surface area contributed by atoms with Crippen molar-refractivity contribution >= 4 is 11.9 Å². The maximum absolute atomic E-state index is 11.6. The van der Waals surface area contributed by atoms with Crippen LogP contribution in [-0.4, -0.2) is 67.5 Å². The van der Waals surface area contributed by atoms with Crippen LogP contribution in [0.25, 0.3) is 0 Å². The molecule has 0 saturated carbocycles. The molecule has 1 fully saturated rings. The van der Waals surface area contributed by atoms with Crippen LogP contribution in [0.3, 0.4) is 0 Å². The van der Waals surface area contributed by atoms with E-state index >= 15 is 0 Å². The minimum absolute atomic E-state index is 0.298. The monoisotopic (exact) mass is 371 g/mol. The number of rotatable bonds is 8. The Morgan fingerprint density at radius 1 is 1.11 bits per heavy atom. The molecule has 27 heavy (non-hydrogen) atoms. The molecule has 0 spiro atoms. The van der Waals surface area contributed by atoms with Crippen LogP contribution >= 0.6 is 0 Å². The summed E-state index contributed by atoms with van der Waals surface area (Å²) >= 11 is 0. The molecule has 3 rings (SSSR count). The Morgan fingerprint density at radius 3 is 2.74 bits per heavy atom. The number of nitrogens with zero attached hydrogens (tertiary/aromatic N) is 3. The Morgan fingerprint density at radius 2 is 1.96 bits per heavy atom. The first kappa shape index (κ1) is 19.7. The summed E-state index contributed by atoms with van der Waals surface area (Å²) in [4.78, 5) is 20.8. The highest BCUT2D eigenvalue weighted by Crippen LogP contribution is 2.17. The number of nitrogens with one attached hydrogen (secondary N) is 2. The highest BCUT2D eigenvalue weighted by Gasteiger charge is 2.19. The number of aliphatic imine (C=N–C) groups is 1. The average Bonchev–Trinajstić information content (AvgIpc) is 3.10. The molecule has 2 heterocycles. The van der Waals surface area contributed by atoms with Crippen molar-refractivity contribution in [3.63, 3.8) is 0 Å². The van der Waals surface area contributed by atoms with Crippen LogP contribution in [0.15, 0.2) is 29.3 Å². The number of amides is 1. The standard InChI is InChI=1S/C21H33N5O/c1-2-22-21(23-11-6-14-26-13-5-9-20(26)27)24-12-16-25-15-10-18-7-3-4-8-19(18)17-25/h3-4,7-8H,2,5-6,9-17H2,1H3,(H2,22,23,24). The molecule has 0 radical (unpaired) electrons. The van der Waals surface area contributed by atoms with Crippen LogP contribution in [0.1, 0.15) is 37.3 Å². The van der Waals surface area contributed by atoms with Crippen molar-refractivity contribution in [1.82, 2.24) is 20.4 Å². The van der Waals surface area contributed by atoms with E-state index in [9.17, 15) is 4.79 Å². The highest BCUT2D eigenvalue weighted by molar-refractivity contribution is 5.79. The zero-order valence-electron chi connectivity index (χ0n) is 16.5. The van der Waals surface area contributed by atoms with E-state index in [1.165, 1.54) is 11.1 Å². The Hall–Kier alpha value is -2.08. The van der Waals surface area contributed by atoms with Crippen molar-refractivity contribution in [1.29, 1.82) is 0 Å². The van der Waals surface area contributed by atoms with Gasteiger partial charge in [0.1, 0.15) is 0 Å². The predicted octanol–water partition coefficient (Wildman–Crippen LogP) is 1.61. The fourth-order valence-corrected chi connectivity index (χ4v) is 3.81. The number of guanidine groups is 1. The molecule has 1 saturated heterocycles. The molecule has 6 heteroatoms. The van der Waals surface area contributed by atoms with E-state index < -0.39 is 0 Å². The van der Waals surface area contributed by atoms with Crippen LogP contribution in [-0.2, 0) is 17.8 Å². The van der Waals surface area contributed by atoms with E-state index in [-0.39, 0.29) is 0 Å². The van der Waals surface area contributed by atoms with Crippen molar-refractivity contribution in [3.05, 3.63) is 35.4 Å². The third-order valence-electron chi connectivity index (χ3n) is 5.30. The van der Waals surface area contributed by atoms with Crippen molar-refractivity contribution < 1.29 is 4.79 Å². The lowest BCUT2D eigenvalue weighted by molar-refractivity contribution is -0.127. The van der Waals surface area contributed by atoms with Gasteiger partial charge in [0, 0.05) is 58.8 Å². The van der Waals surface area contributed by atoms with E-state index in [1.807, 2.05) is 4.90 Å². The molecule has 148 valence electrons. The van der Waals surface area contributed by atoms with E-state index in [0.717, 1.165) is 77.6 Å². The third kappa shape index (κ3) is 5.96. The second-order valence-electron chi connectivity index (χ2n) is 7.32. The van der Waals surface area contributed by atoms with Gasteiger partial charge in [0.2, 0.25) is 5.91 Å². The number of benzene rings is 1. The maximum Gasteiger partial charge on any atom is 0.222 e. The number of hydrogen-bond acceptors (Lipinski definition) is 3. The smallest absolute Gasteiger partial charge is 0.222 e. The van der Waals surface area contributed by atoms with Gasteiger partial charge in [-0.05, 0) is 37.3 Å². The largest absolute Gasteiger partial charge is 0.357 e. The number of fused-ring (bicyclic) bond motifs is 1. The molecule has 0 bridgehead atoms. The third-order valence-corrected chi connectivity index (χ3v) is 5.30. The first-order valence-corrected chi connectivity index (χ1v) is 10.4. The van der Waals surface area contributed by atoms with E-state index in [4.69, 9.17) is 0 Å². The van der Waals surface area contributed by atoms with Crippen molar-refractivity contribution in [2.24, 2.45) is 4.99 Å². The molecule has 2 aliphatic rings. The number of likely N-dealkylation sites (tertiary alicyclic amines) is 1. The highest BCUT2D eigenvalue weighted by atomic mass is 16.2. The van der Waals surface area contributed by atoms with Crippen LogP contribution in [0.5, 0.6) is 0 Å². The SMILES string of the molecule is CCNC(=NCCCN1CCCC1=O)NCCN1CCc2ccccc2C1. The van der Waals surface area contributed by atoms with Gasteiger partial charge in [-0.1, -0.05) is 24.3 Å². The summed E-state index contributed by atoms with van der Waals surface area (Å²) in [5.41, 5.74) is 2.95. The molecular formula is C21H33N5O. The van der Waals surface area contributed by atoms with Crippen molar-refractivity contribution in [2.75, 3.05) is 45.8 Å². The molecule has 0 aromatic heterocycles. The molecule has 2 N–H and O–H groups in total. The Bertz CT molecular complexity index is 645. The van der Waals surface area contributed by atoms with Gasteiger partial charge in [0.05, 0.1) is 0 Å². The Balaban J connectivity index is 1.37. The first-order chi connectivity index (χ1) is 13.3. The lowest BCUT2D eigenvalue weighted by Crippen LogP contribution is -2.42. The topological polar surface area (TPSA) is 60.0 Å². The van der Waals surface area contributed by atoms with Gasteiger partial charge in [-0.3, -0.25) is 14.7 Å². The molecular weight excluding hydrogens is 338 g/mol. The second-order valence-corrected chi connectivity index (χ2v) is 7.32. The van der Waals surface area contributed by atoms with Gasteiger partial charge in [-0.15, -0.1) is 0 Å². The maximum atomic E-state index is 11.6. The van der Waals surface area contributed by atoms with E-state index in [1.54, 1.807) is 0 Å². The molecule has 1 aromatic carbocycles. The average molecular weight is 372 g/mol. The molecule has 6 nitrogen and oxygen atoms in total. The summed E-state index contributed by atoms with van der Waals surface area (Å²) in [6.07, 6.45) is 3.78. The molecule has 1 amide bonds. The van der Waals surface area contributed by atoms with Crippen LogP contribution < -0.4 is 10.6 Å². The Labute approximate surface area is 163 Å². The quantitative estimate of drug-likeness (QED) is 0.414. The van der Waals surface area contributed by atoms with Gasteiger partial charge >= 0.3 is 0 Å². The molecule has 2 aliphatic heterocycles. The minimum Gasteiger partial charge on any atom is -0.357 e. The van der Waals surface area contributed by atoms with E-state index in [2.05, 4.69) is 51.7 Å². The molecule has 0 aliphatic carbocycles. The van der Waals surface area contributed by atoms with Crippen molar-refractivity contribution in [2.45, 2.75) is 39.2 Å². The first-order valence-electron chi connectivity index (χ1n) is 10.4. The number of carbonyl (C=O) groups is 1.